The summed E-state index contributed by atoms with van der Waals surface area (Å²) in [4.78, 5) is 24.6. The molecule has 0 bridgehead atoms. The zero-order valence-electron chi connectivity index (χ0n) is 19.1. The van der Waals surface area contributed by atoms with Crippen molar-refractivity contribution in [2.45, 2.75) is 19.6 Å². The summed E-state index contributed by atoms with van der Waals surface area (Å²) in [5.41, 5.74) is 4.91. The molecule has 0 fully saturated rings. The van der Waals surface area contributed by atoms with E-state index in [1.54, 1.807) is 68.6 Å². The summed E-state index contributed by atoms with van der Waals surface area (Å²) in [5, 5.41) is 15.8. The van der Waals surface area contributed by atoms with Gasteiger partial charge in [-0.2, -0.15) is 10.4 Å². The highest BCUT2D eigenvalue weighted by atomic mass is 79.9. The molecule has 35 heavy (non-hydrogen) atoms. The van der Waals surface area contributed by atoms with Gasteiger partial charge in [-0.05, 0) is 76.9 Å². The van der Waals surface area contributed by atoms with Crippen molar-refractivity contribution in [2.75, 3.05) is 7.11 Å². The number of hydrogen-bond acceptors (Lipinski definition) is 6. The smallest absolute Gasteiger partial charge is 0.262 e. The average Bonchev–Trinajstić information content (AvgIpc) is 2.88. The molecule has 9 heteroatoms. The Balaban J connectivity index is 1.51. The molecule has 0 radical (unpaired) electrons. The summed E-state index contributed by atoms with van der Waals surface area (Å²) >= 11 is 3.46. The lowest BCUT2D eigenvalue weighted by atomic mass is 10.1. The van der Waals surface area contributed by atoms with E-state index in [0.29, 0.717) is 27.1 Å². The van der Waals surface area contributed by atoms with Gasteiger partial charge in [0.05, 0.1) is 29.4 Å². The molecule has 0 saturated heterocycles. The van der Waals surface area contributed by atoms with E-state index in [1.165, 1.54) is 6.21 Å². The largest absolute Gasteiger partial charge is 0.497 e. The molecule has 3 aromatic rings. The third-order valence-electron chi connectivity index (χ3n) is 4.96. The van der Waals surface area contributed by atoms with E-state index >= 15 is 0 Å². The van der Waals surface area contributed by atoms with E-state index in [0.717, 1.165) is 11.1 Å². The molecular weight excluding hydrogens is 512 g/mol. The number of hydrazone groups is 1. The number of benzene rings is 3. The number of methoxy groups -OCH3 is 1. The fourth-order valence-corrected chi connectivity index (χ4v) is 3.49. The number of nitrogens with zero attached hydrogens (tertiary/aromatic N) is 2. The fraction of sp³-hybridized carbons (Fsp3) is 0.154. The van der Waals surface area contributed by atoms with E-state index in [4.69, 9.17) is 9.47 Å². The maximum absolute atomic E-state index is 12.3. The fourth-order valence-electron chi connectivity index (χ4n) is 2.98. The van der Waals surface area contributed by atoms with Gasteiger partial charge in [-0.3, -0.25) is 9.59 Å². The zero-order chi connectivity index (χ0) is 25.2. The van der Waals surface area contributed by atoms with Gasteiger partial charge >= 0.3 is 0 Å². The van der Waals surface area contributed by atoms with Gasteiger partial charge in [-0.25, -0.2) is 5.43 Å². The van der Waals surface area contributed by atoms with Crippen molar-refractivity contribution in [2.24, 2.45) is 5.10 Å². The van der Waals surface area contributed by atoms with Crippen LogP contribution < -0.4 is 20.2 Å². The van der Waals surface area contributed by atoms with Crippen LogP contribution in [-0.4, -0.2) is 31.2 Å². The van der Waals surface area contributed by atoms with Crippen LogP contribution in [0.5, 0.6) is 11.5 Å². The number of halogens is 1. The van der Waals surface area contributed by atoms with Crippen LogP contribution in [0.4, 0.5) is 0 Å². The Morgan fingerprint density at radius 3 is 2.57 bits per heavy atom. The average molecular weight is 535 g/mol. The molecule has 0 aliphatic carbocycles. The third-order valence-corrected chi connectivity index (χ3v) is 5.58. The summed E-state index contributed by atoms with van der Waals surface area (Å²) in [6, 6.07) is 20.5. The van der Waals surface area contributed by atoms with Crippen molar-refractivity contribution in [1.82, 2.24) is 10.7 Å². The van der Waals surface area contributed by atoms with Crippen molar-refractivity contribution in [3.63, 3.8) is 0 Å². The van der Waals surface area contributed by atoms with Crippen LogP contribution in [0.25, 0.3) is 0 Å². The number of carbonyl (C=O) groups is 2. The number of carbonyl (C=O) groups excluding carboxylic acids is 2. The van der Waals surface area contributed by atoms with Crippen LogP contribution in [0, 0.1) is 11.3 Å². The molecule has 0 saturated carbocycles. The molecule has 1 atom stereocenters. The summed E-state index contributed by atoms with van der Waals surface area (Å²) in [6.07, 6.45) is 1.48. The first-order valence-corrected chi connectivity index (χ1v) is 11.4. The van der Waals surface area contributed by atoms with Gasteiger partial charge in [0.1, 0.15) is 24.1 Å². The predicted molar refractivity (Wildman–Crippen MR) is 135 cm³/mol. The Hall–Kier alpha value is -4.16. The second kappa shape index (κ2) is 12.3. The van der Waals surface area contributed by atoms with Crippen LogP contribution in [-0.2, 0) is 11.4 Å². The molecule has 0 aliphatic rings. The van der Waals surface area contributed by atoms with Gasteiger partial charge in [-0.15, -0.1) is 0 Å². The molecule has 8 nitrogen and oxygen atoms in total. The molecule has 2 N–H and O–H groups in total. The first-order chi connectivity index (χ1) is 16.9. The van der Waals surface area contributed by atoms with Crippen molar-refractivity contribution in [3.05, 3.63) is 93.5 Å². The van der Waals surface area contributed by atoms with Gasteiger partial charge < -0.3 is 14.8 Å². The molecule has 3 aromatic carbocycles. The second-order valence-electron chi connectivity index (χ2n) is 7.41. The van der Waals surface area contributed by atoms with Crippen molar-refractivity contribution in [3.8, 4) is 17.6 Å². The third kappa shape index (κ3) is 7.16. The Morgan fingerprint density at radius 1 is 1.14 bits per heavy atom. The lowest BCUT2D eigenvalue weighted by Crippen LogP contribution is -2.43. The molecule has 0 heterocycles. The number of rotatable bonds is 9. The number of amides is 2. The van der Waals surface area contributed by atoms with E-state index in [2.05, 4.69) is 37.8 Å². The molecule has 0 spiro atoms. The highest BCUT2D eigenvalue weighted by molar-refractivity contribution is 9.10. The summed E-state index contributed by atoms with van der Waals surface area (Å²) in [7, 11) is 1.54. The minimum absolute atomic E-state index is 0.256. The van der Waals surface area contributed by atoms with Crippen LogP contribution in [0.2, 0.25) is 0 Å². The van der Waals surface area contributed by atoms with Gasteiger partial charge in [0.2, 0.25) is 0 Å². The predicted octanol–water partition coefficient (Wildman–Crippen LogP) is 4.18. The SMILES string of the molecule is COc1ccc(C(=O)NC(C)C(=O)NN=Cc2ccc(OCc3ccccc3C#N)c(Br)c2)cc1. The molecule has 3 rings (SSSR count). The topological polar surface area (TPSA) is 113 Å². The first kappa shape index (κ1) is 25.5. The van der Waals surface area contributed by atoms with E-state index in [1.807, 2.05) is 12.1 Å². The maximum Gasteiger partial charge on any atom is 0.262 e. The number of hydrogen-bond donors (Lipinski definition) is 2. The lowest BCUT2D eigenvalue weighted by Gasteiger charge is -2.12. The standard InChI is InChI=1S/C26H23BrN4O4/c1-17(30-26(33)19-8-10-22(34-2)11-9-19)25(32)31-29-15-18-7-12-24(23(27)13-18)35-16-21-6-4-3-5-20(21)14-28/h3-13,15,17H,16H2,1-2H3,(H,30,33)(H,31,32). The van der Waals surface area contributed by atoms with E-state index in [-0.39, 0.29) is 12.5 Å². The van der Waals surface area contributed by atoms with Crippen LogP contribution in [0.3, 0.4) is 0 Å². The van der Waals surface area contributed by atoms with Gasteiger partial charge in [0.15, 0.2) is 0 Å². The number of nitrogens with one attached hydrogen (secondary N) is 2. The zero-order valence-corrected chi connectivity index (χ0v) is 20.7. The Kier molecular flexibility index (Phi) is 8.98. The van der Waals surface area contributed by atoms with Crippen LogP contribution >= 0.6 is 15.9 Å². The molecule has 0 aromatic heterocycles. The maximum atomic E-state index is 12.3. The Bertz CT molecular complexity index is 1270. The molecule has 1 unspecified atom stereocenters. The molecule has 0 aliphatic heterocycles. The monoisotopic (exact) mass is 534 g/mol. The minimum Gasteiger partial charge on any atom is -0.497 e. The Labute approximate surface area is 211 Å². The van der Waals surface area contributed by atoms with E-state index in [9.17, 15) is 14.9 Å². The Morgan fingerprint density at radius 2 is 1.89 bits per heavy atom. The van der Waals surface area contributed by atoms with Crippen LogP contribution in [0.1, 0.15) is 34.0 Å². The second-order valence-corrected chi connectivity index (χ2v) is 8.26. The first-order valence-electron chi connectivity index (χ1n) is 10.6. The molecular formula is C26H23BrN4O4. The lowest BCUT2D eigenvalue weighted by molar-refractivity contribution is -0.122. The quantitative estimate of drug-likeness (QED) is 0.316. The van der Waals surface area contributed by atoms with Gasteiger partial charge in [-0.1, -0.05) is 18.2 Å². The van der Waals surface area contributed by atoms with Crippen molar-refractivity contribution >= 4 is 34.0 Å². The number of ether oxygens (including phenoxy) is 2. The molecule has 2 amide bonds. The van der Waals surface area contributed by atoms with Gasteiger partial charge in [0.25, 0.3) is 11.8 Å². The summed E-state index contributed by atoms with van der Waals surface area (Å²) in [6.45, 7) is 1.82. The highest BCUT2D eigenvalue weighted by Crippen LogP contribution is 2.26. The minimum atomic E-state index is -0.791. The summed E-state index contributed by atoms with van der Waals surface area (Å²) in [5.74, 6) is 0.403. The molecule has 178 valence electrons. The highest BCUT2D eigenvalue weighted by Gasteiger charge is 2.16. The van der Waals surface area contributed by atoms with Gasteiger partial charge in [0, 0.05) is 11.1 Å². The van der Waals surface area contributed by atoms with Crippen LogP contribution in [0.15, 0.2) is 76.3 Å². The normalized spacial score (nSPS) is 11.4. The van der Waals surface area contributed by atoms with Crippen molar-refractivity contribution < 1.29 is 19.1 Å². The van der Waals surface area contributed by atoms with Crippen molar-refractivity contribution in [1.29, 1.82) is 5.26 Å². The van der Waals surface area contributed by atoms with E-state index < -0.39 is 11.9 Å². The summed E-state index contributed by atoms with van der Waals surface area (Å²) < 4.78 is 11.6. The number of nitriles is 1.